The number of nitrogens with zero attached hydrogens (tertiary/aromatic N) is 1. The lowest BCUT2D eigenvalue weighted by atomic mass is 9.76. The molecule has 1 saturated carbocycles. The van der Waals surface area contributed by atoms with Gasteiger partial charge in [0.2, 0.25) is 0 Å². The van der Waals surface area contributed by atoms with Crippen molar-refractivity contribution in [3.05, 3.63) is 0 Å². The molecule has 1 fully saturated rings. The van der Waals surface area contributed by atoms with Crippen molar-refractivity contribution in [3.8, 4) is 0 Å². The van der Waals surface area contributed by atoms with Crippen LogP contribution in [-0.4, -0.2) is 49.3 Å². The summed E-state index contributed by atoms with van der Waals surface area (Å²) in [5.41, 5.74) is 0.366. The van der Waals surface area contributed by atoms with Crippen molar-refractivity contribution in [1.82, 2.24) is 10.2 Å². The van der Waals surface area contributed by atoms with E-state index in [4.69, 9.17) is 0 Å². The van der Waals surface area contributed by atoms with Crippen molar-refractivity contribution in [2.75, 3.05) is 33.8 Å². The highest BCUT2D eigenvalue weighted by atomic mass is 16.3. The molecule has 0 amide bonds. The molecule has 2 unspecified atom stereocenters. The molecule has 0 aromatic rings. The average Bonchev–Trinajstić information content (AvgIpc) is 2.51. The van der Waals surface area contributed by atoms with Crippen LogP contribution in [0.5, 0.6) is 0 Å². The van der Waals surface area contributed by atoms with Crippen LogP contribution in [0.3, 0.4) is 0 Å². The van der Waals surface area contributed by atoms with E-state index in [2.05, 4.69) is 45.1 Å². The van der Waals surface area contributed by atoms with Gasteiger partial charge in [0, 0.05) is 18.6 Å². The van der Waals surface area contributed by atoms with Crippen molar-refractivity contribution in [2.24, 2.45) is 11.3 Å². The Labute approximate surface area is 119 Å². The molecule has 1 aliphatic carbocycles. The highest BCUT2D eigenvalue weighted by Crippen LogP contribution is 2.39. The first-order valence-electron chi connectivity index (χ1n) is 7.80. The van der Waals surface area contributed by atoms with Crippen LogP contribution in [0.15, 0.2) is 0 Å². The molecule has 0 saturated heterocycles. The molecule has 1 aliphatic rings. The van der Waals surface area contributed by atoms with E-state index in [1.807, 2.05) is 0 Å². The van der Waals surface area contributed by atoms with Gasteiger partial charge in [0.05, 0.1) is 6.61 Å². The van der Waals surface area contributed by atoms with E-state index in [9.17, 15) is 5.11 Å². The summed E-state index contributed by atoms with van der Waals surface area (Å²) in [6.07, 6.45) is 6.00. The minimum absolute atomic E-state index is 0.0317. The van der Waals surface area contributed by atoms with Gasteiger partial charge in [-0.2, -0.15) is 0 Å². The van der Waals surface area contributed by atoms with Gasteiger partial charge in [-0.15, -0.1) is 0 Å². The Morgan fingerprint density at radius 1 is 1.21 bits per heavy atom. The lowest BCUT2D eigenvalue weighted by Crippen LogP contribution is -2.50. The number of aliphatic hydroxyl groups excluding tert-OH is 1. The van der Waals surface area contributed by atoms with E-state index in [0.29, 0.717) is 5.41 Å². The van der Waals surface area contributed by atoms with Crippen LogP contribution in [0.2, 0.25) is 0 Å². The summed E-state index contributed by atoms with van der Waals surface area (Å²) in [6, 6.07) is 0. The molecule has 0 aromatic heterocycles. The smallest absolute Gasteiger partial charge is 0.0613 e. The fourth-order valence-corrected chi connectivity index (χ4v) is 3.21. The van der Waals surface area contributed by atoms with E-state index < -0.39 is 0 Å². The number of aliphatic hydroxyl groups is 1. The van der Waals surface area contributed by atoms with Crippen LogP contribution >= 0.6 is 0 Å². The van der Waals surface area contributed by atoms with Gasteiger partial charge in [0.1, 0.15) is 0 Å². The van der Waals surface area contributed by atoms with Gasteiger partial charge in [-0.3, -0.25) is 0 Å². The molecule has 0 spiro atoms. The van der Waals surface area contributed by atoms with Crippen molar-refractivity contribution >= 4 is 0 Å². The van der Waals surface area contributed by atoms with Crippen LogP contribution in [0, 0.1) is 11.3 Å². The molecule has 2 atom stereocenters. The average molecular weight is 270 g/mol. The first kappa shape index (κ1) is 16.9. The second kappa shape index (κ2) is 7.05. The Hall–Kier alpha value is -0.120. The Bertz CT molecular complexity index is 260. The fraction of sp³-hybridized carbons (Fsp3) is 1.00. The molecule has 0 radical (unpaired) electrons. The lowest BCUT2D eigenvalue weighted by Gasteiger charge is -2.34. The molecule has 0 bridgehead atoms. The molecule has 3 heteroatoms. The molecule has 19 heavy (non-hydrogen) atoms. The Morgan fingerprint density at radius 3 is 2.42 bits per heavy atom. The minimum atomic E-state index is -0.0317. The minimum Gasteiger partial charge on any atom is -0.394 e. The lowest BCUT2D eigenvalue weighted by molar-refractivity contribution is 0.135. The third kappa shape index (κ3) is 5.41. The first-order chi connectivity index (χ1) is 8.79. The van der Waals surface area contributed by atoms with Crippen LogP contribution in [-0.2, 0) is 0 Å². The second-order valence-electron chi connectivity index (χ2n) is 7.66. The zero-order valence-electron chi connectivity index (χ0n) is 13.6. The molecule has 1 rings (SSSR count). The summed E-state index contributed by atoms with van der Waals surface area (Å²) in [7, 11) is 4.19. The third-order valence-electron chi connectivity index (χ3n) is 4.77. The normalized spacial score (nSPS) is 29.5. The Balaban J connectivity index is 2.55. The van der Waals surface area contributed by atoms with Gasteiger partial charge in [0.25, 0.3) is 0 Å². The van der Waals surface area contributed by atoms with Crippen molar-refractivity contribution in [2.45, 2.75) is 58.4 Å². The molecular weight excluding hydrogens is 236 g/mol. The van der Waals surface area contributed by atoms with Crippen LogP contribution in [0.25, 0.3) is 0 Å². The van der Waals surface area contributed by atoms with Gasteiger partial charge in [0.15, 0.2) is 0 Å². The van der Waals surface area contributed by atoms with E-state index >= 15 is 0 Å². The molecule has 0 aromatic carbocycles. The van der Waals surface area contributed by atoms with Crippen LogP contribution in [0.4, 0.5) is 0 Å². The number of likely N-dealkylation sites (N-methyl/N-ethyl adjacent to an activating group) is 1. The number of hydrogen-bond donors (Lipinski definition) is 2. The maximum absolute atomic E-state index is 9.84. The molecular formula is C16H34N2O. The van der Waals surface area contributed by atoms with Crippen molar-refractivity contribution in [1.29, 1.82) is 0 Å². The highest BCUT2D eigenvalue weighted by Gasteiger charge is 2.35. The SMILES string of the molecule is CN(C)CCNC1(CO)CCCC(C(C)(C)C)CC1. The number of rotatable bonds is 5. The summed E-state index contributed by atoms with van der Waals surface area (Å²) in [6.45, 7) is 9.32. The fourth-order valence-electron chi connectivity index (χ4n) is 3.21. The summed E-state index contributed by atoms with van der Waals surface area (Å²) >= 11 is 0. The second-order valence-corrected chi connectivity index (χ2v) is 7.66. The Morgan fingerprint density at radius 2 is 1.89 bits per heavy atom. The number of hydrogen-bond acceptors (Lipinski definition) is 3. The highest BCUT2D eigenvalue weighted by molar-refractivity contribution is 4.92. The van der Waals surface area contributed by atoms with E-state index in [-0.39, 0.29) is 12.1 Å². The largest absolute Gasteiger partial charge is 0.394 e. The van der Waals surface area contributed by atoms with Gasteiger partial charge in [-0.05, 0) is 51.1 Å². The molecule has 2 N–H and O–H groups in total. The standard InChI is InChI=1S/C16H34N2O/c1-15(2,3)14-7-6-9-16(13-19,10-8-14)17-11-12-18(4)5/h14,17,19H,6-13H2,1-5H3. The third-order valence-corrected chi connectivity index (χ3v) is 4.77. The van der Waals surface area contributed by atoms with E-state index in [1.54, 1.807) is 0 Å². The molecule has 3 nitrogen and oxygen atoms in total. The summed E-state index contributed by atoms with van der Waals surface area (Å²) in [4.78, 5) is 2.19. The Kier molecular flexibility index (Phi) is 6.28. The molecule has 114 valence electrons. The predicted molar refractivity (Wildman–Crippen MR) is 82.4 cm³/mol. The zero-order chi connectivity index (χ0) is 14.5. The van der Waals surface area contributed by atoms with Crippen LogP contribution < -0.4 is 5.32 Å². The quantitative estimate of drug-likeness (QED) is 0.754. The summed E-state index contributed by atoms with van der Waals surface area (Å²) < 4.78 is 0. The topological polar surface area (TPSA) is 35.5 Å². The van der Waals surface area contributed by atoms with Crippen molar-refractivity contribution in [3.63, 3.8) is 0 Å². The summed E-state index contributed by atoms with van der Waals surface area (Å²) in [5, 5.41) is 13.5. The monoisotopic (exact) mass is 270 g/mol. The maximum Gasteiger partial charge on any atom is 0.0613 e. The maximum atomic E-state index is 9.84. The van der Waals surface area contributed by atoms with E-state index in [1.165, 1.54) is 19.3 Å². The van der Waals surface area contributed by atoms with E-state index in [0.717, 1.165) is 31.8 Å². The number of nitrogens with one attached hydrogen (secondary N) is 1. The van der Waals surface area contributed by atoms with Crippen LogP contribution in [0.1, 0.15) is 52.9 Å². The predicted octanol–water partition coefficient (Wildman–Crippen LogP) is 2.50. The summed E-state index contributed by atoms with van der Waals surface area (Å²) in [5.74, 6) is 0.788. The van der Waals surface area contributed by atoms with Gasteiger partial charge in [-0.25, -0.2) is 0 Å². The first-order valence-corrected chi connectivity index (χ1v) is 7.80. The van der Waals surface area contributed by atoms with Gasteiger partial charge in [-0.1, -0.05) is 27.2 Å². The van der Waals surface area contributed by atoms with Gasteiger partial charge >= 0.3 is 0 Å². The van der Waals surface area contributed by atoms with Crippen molar-refractivity contribution < 1.29 is 5.11 Å². The molecule has 0 aliphatic heterocycles. The zero-order valence-corrected chi connectivity index (χ0v) is 13.6. The van der Waals surface area contributed by atoms with Gasteiger partial charge < -0.3 is 15.3 Å². The molecule has 0 heterocycles.